The molecule has 0 aromatic heterocycles. The van der Waals surface area contributed by atoms with Crippen molar-refractivity contribution in [1.29, 1.82) is 0 Å². The largest absolute Gasteiger partial charge is 0.459 e. The van der Waals surface area contributed by atoms with E-state index >= 15 is 0 Å². The molecule has 1 heterocycles. The van der Waals surface area contributed by atoms with Gasteiger partial charge in [-0.1, -0.05) is 48.5 Å². The number of carbonyl (C=O) groups excluding carboxylic acids is 2. The Labute approximate surface area is 198 Å². The lowest BCUT2D eigenvalue weighted by Crippen LogP contribution is -2.34. The maximum atomic E-state index is 12.0. The van der Waals surface area contributed by atoms with E-state index in [1.54, 1.807) is 20.8 Å². The summed E-state index contributed by atoms with van der Waals surface area (Å²) >= 11 is 0. The molecule has 1 N–H and O–H groups in total. The van der Waals surface area contributed by atoms with Crippen molar-refractivity contribution in [3.05, 3.63) is 59.7 Å². The van der Waals surface area contributed by atoms with E-state index in [1.165, 1.54) is 36.1 Å². The fourth-order valence-electron chi connectivity index (χ4n) is 4.22. The van der Waals surface area contributed by atoms with Gasteiger partial charge in [-0.3, -0.25) is 9.59 Å². The molecule has 2 aromatic rings. The second-order valence-corrected chi connectivity index (χ2v) is 10.0. The van der Waals surface area contributed by atoms with Crippen LogP contribution in [0.4, 0.5) is 0 Å². The molecule has 1 atom stereocenters. The Bertz CT molecular complexity index is 914. The third kappa shape index (κ3) is 8.32. The van der Waals surface area contributed by atoms with E-state index in [1.807, 2.05) is 0 Å². The van der Waals surface area contributed by atoms with Crippen LogP contribution in [0, 0.1) is 0 Å². The van der Waals surface area contributed by atoms with E-state index in [0.29, 0.717) is 12.8 Å². The molecule has 5 heteroatoms. The van der Waals surface area contributed by atoms with Gasteiger partial charge in [0, 0.05) is 19.0 Å². The van der Waals surface area contributed by atoms with Crippen LogP contribution in [0.5, 0.6) is 0 Å². The molecule has 0 saturated carbocycles. The van der Waals surface area contributed by atoms with E-state index in [9.17, 15) is 9.59 Å². The van der Waals surface area contributed by atoms with Gasteiger partial charge in [-0.15, -0.1) is 0 Å². The van der Waals surface area contributed by atoms with Gasteiger partial charge in [0.25, 0.3) is 0 Å². The summed E-state index contributed by atoms with van der Waals surface area (Å²) in [5, 5.41) is 2.63. The van der Waals surface area contributed by atoms with Crippen molar-refractivity contribution in [2.24, 2.45) is 0 Å². The molecule has 33 heavy (non-hydrogen) atoms. The highest BCUT2D eigenvalue weighted by molar-refractivity contribution is 5.82. The number of ether oxygens (including phenoxy) is 1. The number of amides is 1. The standard InChI is InChI=1S/C28H38N2O3/c1-21-6-5-18-30(21)19-17-23-9-14-25(15-10-23)24-12-7-22(8-13-24)11-16-26(31)29-20-27(32)33-28(2,3)4/h7-10,12-15,21H,5-6,11,16-20H2,1-4H3,(H,29,31). The van der Waals surface area contributed by atoms with E-state index in [-0.39, 0.29) is 12.5 Å². The summed E-state index contributed by atoms with van der Waals surface area (Å²) in [5.74, 6) is -0.569. The molecule has 0 aliphatic carbocycles. The smallest absolute Gasteiger partial charge is 0.325 e. The fraction of sp³-hybridized carbons (Fsp3) is 0.500. The maximum absolute atomic E-state index is 12.0. The van der Waals surface area contributed by atoms with Crippen LogP contribution in [0.15, 0.2) is 48.5 Å². The van der Waals surface area contributed by atoms with Crippen LogP contribution in [-0.2, 0) is 27.2 Å². The molecular weight excluding hydrogens is 412 g/mol. The van der Waals surface area contributed by atoms with Crippen LogP contribution in [0.2, 0.25) is 0 Å². The Balaban J connectivity index is 1.43. The second kappa shape index (κ2) is 11.5. The van der Waals surface area contributed by atoms with Crippen molar-refractivity contribution >= 4 is 11.9 Å². The quantitative estimate of drug-likeness (QED) is 0.559. The van der Waals surface area contributed by atoms with Crippen molar-refractivity contribution in [2.75, 3.05) is 19.6 Å². The highest BCUT2D eigenvalue weighted by Gasteiger charge is 2.19. The summed E-state index contributed by atoms with van der Waals surface area (Å²) in [7, 11) is 0. The van der Waals surface area contributed by atoms with Crippen LogP contribution in [0.3, 0.4) is 0 Å². The number of rotatable bonds is 9. The minimum Gasteiger partial charge on any atom is -0.459 e. The van der Waals surface area contributed by atoms with Crippen LogP contribution < -0.4 is 5.32 Å². The van der Waals surface area contributed by atoms with Crippen LogP contribution in [0.25, 0.3) is 11.1 Å². The molecule has 1 aliphatic rings. The first-order valence-corrected chi connectivity index (χ1v) is 12.1. The number of carbonyl (C=O) groups is 2. The van der Waals surface area contributed by atoms with Gasteiger partial charge < -0.3 is 15.0 Å². The molecule has 1 aliphatic heterocycles. The van der Waals surface area contributed by atoms with Gasteiger partial charge in [0.15, 0.2) is 0 Å². The molecule has 2 aromatic carbocycles. The molecule has 1 fully saturated rings. The molecule has 178 valence electrons. The second-order valence-electron chi connectivity index (χ2n) is 10.0. The van der Waals surface area contributed by atoms with Gasteiger partial charge in [-0.2, -0.15) is 0 Å². The number of aryl methyl sites for hydroxylation is 1. The van der Waals surface area contributed by atoms with Gasteiger partial charge >= 0.3 is 5.97 Å². The number of nitrogens with one attached hydrogen (secondary N) is 1. The van der Waals surface area contributed by atoms with Crippen molar-refractivity contribution in [1.82, 2.24) is 10.2 Å². The number of nitrogens with zero attached hydrogens (tertiary/aromatic N) is 1. The Hall–Kier alpha value is -2.66. The zero-order valence-corrected chi connectivity index (χ0v) is 20.5. The molecule has 1 unspecified atom stereocenters. The van der Waals surface area contributed by atoms with Gasteiger partial charge in [0.1, 0.15) is 12.1 Å². The van der Waals surface area contributed by atoms with Gasteiger partial charge in [0.2, 0.25) is 5.91 Å². The summed E-state index contributed by atoms with van der Waals surface area (Å²) in [6, 6.07) is 17.9. The minimum atomic E-state index is -0.545. The first-order chi connectivity index (χ1) is 15.7. The lowest BCUT2D eigenvalue weighted by Gasteiger charge is -2.20. The average molecular weight is 451 g/mol. The lowest BCUT2D eigenvalue weighted by molar-refractivity contribution is -0.154. The zero-order chi connectivity index (χ0) is 23.8. The Morgan fingerprint density at radius 2 is 1.55 bits per heavy atom. The van der Waals surface area contributed by atoms with Gasteiger partial charge in [-0.25, -0.2) is 0 Å². The monoisotopic (exact) mass is 450 g/mol. The average Bonchev–Trinajstić information content (AvgIpc) is 3.19. The first-order valence-electron chi connectivity index (χ1n) is 12.1. The molecule has 1 saturated heterocycles. The summed E-state index contributed by atoms with van der Waals surface area (Å²) in [6.45, 7) is 10.0. The number of esters is 1. The molecule has 0 spiro atoms. The number of benzene rings is 2. The third-order valence-corrected chi connectivity index (χ3v) is 6.11. The molecule has 1 amide bonds. The minimum absolute atomic E-state index is 0.0951. The summed E-state index contributed by atoms with van der Waals surface area (Å²) in [4.78, 5) is 26.3. The van der Waals surface area contributed by atoms with E-state index in [2.05, 4.69) is 65.7 Å². The molecule has 0 bridgehead atoms. The summed E-state index contributed by atoms with van der Waals surface area (Å²) in [5.41, 5.74) is 4.31. The van der Waals surface area contributed by atoms with E-state index in [0.717, 1.165) is 24.6 Å². The Morgan fingerprint density at radius 3 is 2.06 bits per heavy atom. The van der Waals surface area contributed by atoms with Crippen molar-refractivity contribution in [2.45, 2.75) is 71.4 Å². The van der Waals surface area contributed by atoms with Gasteiger partial charge in [-0.05, 0) is 82.2 Å². The molecule has 3 rings (SSSR count). The lowest BCUT2D eigenvalue weighted by atomic mass is 10.0. The van der Waals surface area contributed by atoms with Crippen molar-refractivity contribution in [3.8, 4) is 11.1 Å². The first kappa shape index (κ1) is 25.0. The number of hydrogen-bond acceptors (Lipinski definition) is 4. The number of likely N-dealkylation sites (tertiary alicyclic amines) is 1. The SMILES string of the molecule is CC1CCCN1CCc1ccc(-c2ccc(CCC(=O)NCC(=O)OC(C)(C)C)cc2)cc1. The van der Waals surface area contributed by atoms with Crippen molar-refractivity contribution < 1.29 is 14.3 Å². The Kier molecular flexibility index (Phi) is 8.67. The molecule has 0 radical (unpaired) electrons. The number of hydrogen-bond donors (Lipinski definition) is 1. The van der Waals surface area contributed by atoms with E-state index < -0.39 is 11.6 Å². The molecule has 5 nitrogen and oxygen atoms in total. The highest BCUT2D eigenvalue weighted by Crippen LogP contribution is 2.22. The summed E-state index contributed by atoms with van der Waals surface area (Å²) < 4.78 is 5.20. The van der Waals surface area contributed by atoms with E-state index in [4.69, 9.17) is 4.74 Å². The fourth-order valence-corrected chi connectivity index (χ4v) is 4.22. The normalized spacial score (nSPS) is 16.5. The molecular formula is C28H38N2O3. The topological polar surface area (TPSA) is 58.6 Å². The Morgan fingerprint density at radius 1 is 0.970 bits per heavy atom. The van der Waals surface area contributed by atoms with Crippen molar-refractivity contribution in [3.63, 3.8) is 0 Å². The van der Waals surface area contributed by atoms with Crippen LogP contribution in [-0.4, -0.2) is 48.1 Å². The van der Waals surface area contributed by atoms with Crippen LogP contribution >= 0.6 is 0 Å². The highest BCUT2D eigenvalue weighted by atomic mass is 16.6. The van der Waals surface area contributed by atoms with Crippen LogP contribution in [0.1, 0.15) is 58.1 Å². The predicted molar refractivity (Wildman–Crippen MR) is 133 cm³/mol. The predicted octanol–water partition coefficient (Wildman–Crippen LogP) is 4.77. The zero-order valence-electron chi connectivity index (χ0n) is 20.5. The maximum Gasteiger partial charge on any atom is 0.325 e. The summed E-state index contributed by atoms with van der Waals surface area (Å²) in [6.07, 6.45) is 4.72. The van der Waals surface area contributed by atoms with Gasteiger partial charge in [0.05, 0.1) is 0 Å². The third-order valence-electron chi connectivity index (χ3n) is 6.11.